The average Bonchev–Trinajstić information content (AvgIpc) is 3.10. The number of hydrogen-bond donors (Lipinski definition) is 2. The van der Waals surface area contributed by atoms with Gasteiger partial charge in [0.2, 0.25) is 5.91 Å². The minimum Gasteiger partial charge on any atom is -0.336 e. The summed E-state index contributed by atoms with van der Waals surface area (Å²) in [6.07, 6.45) is 6.89. The Hall–Kier alpha value is -2.30. The second kappa shape index (κ2) is 5.99. The van der Waals surface area contributed by atoms with Gasteiger partial charge in [-0.15, -0.1) is 0 Å². The van der Waals surface area contributed by atoms with E-state index in [-0.39, 0.29) is 11.9 Å². The highest BCUT2D eigenvalue weighted by molar-refractivity contribution is 5.96. The molecule has 0 spiro atoms. The molecule has 3 rings (SSSR count). The first-order chi connectivity index (χ1) is 10.2. The zero-order valence-electron chi connectivity index (χ0n) is 11.8. The van der Waals surface area contributed by atoms with E-state index in [1.807, 2.05) is 24.3 Å². The molecule has 0 aromatic heterocycles. The van der Waals surface area contributed by atoms with Crippen molar-refractivity contribution in [3.63, 3.8) is 0 Å². The summed E-state index contributed by atoms with van der Waals surface area (Å²) in [5.74, 6) is 0.382. The predicted molar refractivity (Wildman–Crippen MR) is 82.3 cm³/mol. The number of rotatable bonds is 4. The zero-order valence-corrected chi connectivity index (χ0v) is 11.8. The van der Waals surface area contributed by atoms with Crippen LogP contribution in [-0.4, -0.2) is 25.0 Å². The third-order valence-corrected chi connectivity index (χ3v) is 3.86. The molecule has 1 atom stereocenters. The number of amides is 3. The lowest BCUT2D eigenvalue weighted by Gasteiger charge is -2.16. The van der Waals surface area contributed by atoms with Gasteiger partial charge in [0, 0.05) is 30.9 Å². The van der Waals surface area contributed by atoms with Gasteiger partial charge >= 0.3 is 6.03 Å². The maximum absolute atomic E-state index is 12.0. The Morgan fingerprint density at radius 1 is 1.43 bits per heavy atom. The molecule has 1 aliphatic heterocycles. The minimum absolute atomic E-state index is 0.0228. The summed E-state index contributed by atoms with van der Waals surface area (Å²) in [5.41, 5.74) is 1.54. The fourth-order valence-electron chi connectivity index (χ4n) is 2.78. The summed E-state index contributed by atoms with van der Waals surface area (Å²) in [7, 11) is 0. The number of nitrogens with one attached hydrogen (secondary N) is 2. The fraction of sp³-hybridized carbons (Fsp3) is 0.375. The molecule has 1 aromatic rings. The quantitative estimate of drug-likeness (QED) is 0.835. The van der Waals surface area contributed by atoms with Crippen LogP contribution < -0.4 is 15.5 Å². The van der Waals surface area contributed by atoms with Crippen LogP contribution in [0, 0.1) is 5.92 Å². The number of nitrogens with zero attached hydrogens (tertiary/aromatic N) is 1. The summed E-state index contributed by atoms with van der Waals surface area (Å²) in [6, 6.07) is 7.33. The van der Waals surface area contributed by atoms with E-state index in [2.05, 4.69) is 22.8 Å². The molecule has 2 N–H and O–H groups in total. The van der Waals surface area contributed by atoms with Gasteiger partial charge in [-0.05, 0) is 37.0 Å². The van der Waals surface area contributed by atoms with E-state index in [4.69, 9.17) is 0 Å². The van der Waals surface area contributed by atoms with E-state index in [0.29, 0.717) is 25.4 Å². The second-order valence-corrected chi connectivity index (χ2v) is 5.45. The highest BCUT2D eigenvalue weighted by Crippen LogP contribution is 2.23. The van der Waals surface area contributed by atoms with Gasteiger partial charge < -0.3 is 10.6 Å². The largest absolute Gasteiger partial charge is 0.336 e. The van der Waals surface area contributed by atoms with Crippen molar-refractivity contribution >= 4 is 23.3 Å². The molecule has 2 aliphatic rings. The number of allylic oxidation sites excluding steroid dienone is 2. The van der Waals surface area contributed by atoms with Crippen LogP contribution in [0.2, 0.25) is 0 Å². The lowest BCUT2D eigenvalue weighted by Crippen LogP contribution is -2.27. The number of hydrogen-bond acceptors (Lipinski definition) is 2. The molecule has 5 nitrogen and oxygen atoms in total. The predicted octanol–water partition coefficient (Wildman–Crippen LogP) is 2.51. The van der Waals surface area contributed by atoms with Crippen molar-refractivity contribution in [2.45, 2.75) is 19.3 Å². The first-order valence-electron chi connectivity index (χ1n) is 7.34. The summed E-state index contributed by atoms with van der Waals surface area (Å²) < 4.78 is 0. The average molecular weight is 285 g/mol. The third kappa shape index (κ3) is 3.24. The van der Waals surface area contributed by atoms with Crippen LogP contribution in [0.4, 0.5) is 16.2 Å². The lowest BCUT2D eigenvalue weighted by atomic mass is 10.1. The number of carbonyl (C=O) groups excluding carboxylic acids is 2. The molecule has 1 unspecified atom stereocenters. The lowest BCUT2D eigenvalue weighted by molar-refractivity contribution is -0.116. The van der Waals surface area contributed by atoms with Crippen LogP contribution in [0.3, 0.4) is 0 Å². The zero-order chi connectivity index (χ0) is 14.7. The monoisotopic (exact) mass is 285 g/mol. The Kier molecular flexibility index (Phi) is 3.90. The Bertz CT molecular complexity index is 583. The van der Waals surface area contributed by atoms with Gasteiger partial charge in [0.1, 0.15) is 0 Å². The number of urea groups is 1. The van der Waals surface area contributed by atoms with Crippen molar-refractivity contribution in [2.75, 3.05) is 23.3 Å². The normalized spacial score (nSPS) is 20.7. The maximum Gasteiger partial charge on any atom is 0.321 e. The topological polar surface area (TPSA) is 61.4 Å². The van der Waals surface area contributed by atoms with E-state index in [9.17, 15) is 9.59 Å². The van der Waals surface area contributed by atoms with Crippen molar-refractivity contribution < 1.29 is 9.59 Å². The minimum atomic E-state index is -0.0884. The molecule has 21 heavy (non-hydrogen) atoms. The van der Waals surface area contributed by atoms with Crippen molar-refractivity contribution in [2.24, 2.45) is 5.92 Å². The highest BCUT2D eigenvalue weighted by Gasteiger charge is 2.21. The molecule has 1 aromatic carbocycles. The van der Waals surface area contributed by atoms with E-state index < -0.39 is 0 Å². The van der Waals surface area contributed by atoms with E-state index >= 15 is 0 Å². The molecule has 5 heteroatoms. The van der Waals surface area contributed by atoms with Crippen LogP contribution >= 0.6 is 0 Å². The number of carbonyl (C=O) groups is 2. The first-order valence-corrected chi connectivity index (χ1v) is 7.34. The van der Waals surface area contributed by atoms with Gasteiger partial charge in [-0.2, -0.15) is 0 Å². The van der Waals surface area contributed by atoms with E-state index in [1.54, 1.807) is 4.90 Å². The highest BCUT2D eigenvalue weighted by atomic mass is 16.2. The Morgan fingerprint density at radius 2 is 2.33 bits per heavy atom. The van der Waals surface area contributed by atoms with Gasteiger partial charge in [-0.1, -0.05) is 18.2 Å². The van der Waals surface area contributed by atoms with Gasteiger partial charge in [-0.25, -0.2) is 4.79 Å². The van der Waals surface area contributed by atoms with Gasteiger partial charge in [0.15, 0.2) is 0 Å². The summed E-state index contributed by atoms with van der Waals surface area (Å²) in [4.78, 5) is 25.4. The van der Waals surface area contributed by atoms with Crippen LogP contribution in [0.15, 0.2) is 36.4 Å². The molecule has 1 fully saturated rings. The SMILES string of the molecule is O=C(CC1C=CCC1)Nc1cccc(N2CCNC2=O)c1. The summed E-state index contributed by atoms with van der Waals surface area (Å²) in [6.45, 7) is 1.31. The van der Waals surface area contributed by atoms with Crippen molar-refractivity contribution in [3.05, 3.63) is 36.4 Å². The van der Waals surface area contributed by atoms with Gasteiger partial charge in [0.25, 0.3) is 0 Å². The maximum atomic E-state index is 12.0. The Labute approximate surface area is 124 Å². The van der Waals surface area contributed by atoms with E-state index in [0.717, 1.165) is 24.2 Å². The summed E-state index contributed by atoms with van der Waals surface area (Å²) >= 11 is 0. The molecule has 1 aliphatic carbocycles. The molecular formula is C16H19N3O2. The van der Waals surface area contributed by atoms with Crippen molar-refractivity contribution in [1.82, 2.24) is 5.32 Å². The van der Waals surface area contributed by atoms with Gasteiger partial charge in [-0.3, -0.25) is 9.69 Å². The van der Waals surface area contributed by atoms with Crippen molar-refractivity contribution in [1.29, 1.82) is 0 Å². The third-order valence-electron chi connectivity index (χ3n) is 3.86. The number of anilines is 2. The molecular weight excluding hydrogens is 266 g/mol. The smallest absolute Gasteiger partial charge is 0.321 e. The van der Waals surface area contributed by atoms with Crippen LogP contribution in [0.5, 0.6) is 0 Å². The van der Waals surface area contributed by atoms with E-state index in [1.165, 1.54) is 0 Å². The molecule has 1 saturated heterocycles. The number of benzene rings is 1. The molecule has 1 heterocycles. The Balaban J connectivity index is 1.64. The standard InChI is InChI=1S/C16H19N3O2/c20-15(10-12-4-1-2-5-12)18-13-6-3-7-14(11-13)19-9-8-17-16(19)21/h1,3-4,6-7,11-12H,2,5,8-10H2,(H,17,21)(H,18,20). The first kappa shape index (κ1) is 13.7. The molecule has 0 bridgehead atoms. The van der Waals surface area contributed by atoms with Gasteiger partial charge in [0.05, 0.1) is 0 Å². The van der Waals surface area contributed by atoms with Crippen LogP contribution in [0.25, 0.3) is 0 Å². The summed E-state index contributed by atoms with van der Waals surface area (Å²) in [5, 5.41) is 5.68. The molecule has 0 saturated carbocycles. The molecule has 0 radical (unpaired) electrons. The van der Waals surface area contributed by atoms with Crippen LogP contribution in [-0.2, 0) is 4.79 Å². The Morgan fingerprint density at radius 3 is 3.05 bits per heavy atom. The molecule has 110 valence electrons. The molecule has 3 amide bonds. The van der Waals surface area contributed by atoms with Crippen molar-refractivity contribution in [3.8, 4) is 0 Å². The fourth-order valence-corrected chi connectivity index (χ4v) is 2.78. The second-order valence-electron chi connectivity index (χ2n) is 5.45. The van der Waals surface area contributed by atoms with Crippen LogP contribution in [0.1, 0.15) is 19.3 Å².